The van der Waals surface area contributed by atoms with Crippen LogP contribution in [-0.4, -0.2) is 67.9 Å². The molecule has 1 aromatic carbocycles. The van der Waals surface area contributed by atoms with Gasteiger partial charge in [0.05, 0.1) is 29.2 Å². The molecule has 1 amide bonds. The standard InChI is InChI=1S/C27H29ClFN5O3/c1-5-21(36)33-10-9-32-13-18-24(26-16(4)11-30-34(26)15(2)3)31-25(22-19(29)7-6-8-20(22)35)23(28)27(18)37-14-17(32)12-33/h5-8,11,15,17,35H,1,9-10,12-14H2,2-4H3/t17-/m1/s1. The third-order valence-electron chi connectivity index (χ3n) is 6.98. The fourth-order valence-corrected chi connectivity index (χ4v) is 5.39. The number of carbonyl (C=O) groups excluding carboxylic acids is 1. The van der Waals surface area contributed by atoms with Crippen molar-refractivity contribution in [3.8, 4) is 34.1 Å². The van der Waals surface area contributed by atoms with Crippen LogP contribution in [0.25, 0.3) is 22.6 Å². The number of phenols is 1. The van der Waals surface area contributed by atoms with Gasteiger partial charge in [-0.3, -0.25) is 14.4 Å². The number of rotatable bonds is 4. The predicted molar refractivity (Wildman–Crippen MR) is 139 cm³/mol. The van der Waals surface area contributed by atoms with E-state index in [1.165, 1.54) is 24.3 Å². The molecule has 0 unspecified atom stereocenters. The van der Waals surface area contributed by atoms with E-state index < -0.39 is 5.82 Å². The normalized spacial score (nSPS) is 17.7. The van der Waals surface area contributed by atoms with E-state index in [9.17, 15) is 9.90 Å². The highest BCUT2D eigenvalue weighted by Gasteiger charge is 2.36. The summed E-state index contributed by atoms with van der Waals surface area (Å²) in [6.07, 6.45) is 3.10. The molecule has 0 bridgehead atoms. The zero-order valence-electron chi connectivity index (χ0n) is 21.0. The van der Waals surface area contributed by atoms with Crippen LogP contribution in [0.3, 0.4) is 0 Å². The van der Waals surface area contributed by atoms with Gasteiger partial charge in [-0.25, -0.2) is 9.37 Å². The maximum absolute atomic E-state index is 15.0. The minimum atomic E-state index is -0.640. The Morgan fingerprint density at radius 1 is 1.32 bits per heavy atom. The molecular weight excluding hydrogens is 497 g/mol. The number of aryl methyl sites for hydroxylation is 1. The molecular formula is C27H29ClFN5O3. The number of halogens is 2. The van der Waals surface area contributed by atoms with Crippen molar-refractivity contribution in [2.75, 3.05) is 26.2 Å². The van der Waals surface area contributed by atoms with Gasteiger partial charge in [-0.05, 0) is 44.5 Å². The van der Waals surface area contributed by atoms with Crippen LogP contribution in [-0.2, 0) is 11.3 Å². The number of piperazine rings is 1. The van der Waals surface area contributed by atoms with Gasteiger partial charge in [0.2, 0.25) is 5.91 Å². The molecule has 1 fully saturated rings. The zero-order valence-corrected chi connectivity index (χ0v) is 21.8. The molecule has 0 spiro atoms. The van der Waals surface area contributed by atoms with Gasteiger partial charge < -0.3 is 14.7 Å². The smallest absolute Gasteiger partial charge is 0.246 e. The van der Waals surface area contributed by atoms with Crippen molar-refractivity contribution in [2.24, 2.45) is 0 Å². The Bertz CT molecular complexity index is 1370. The molecule has 2 aromatic heterocycles. The number of hydrogen-bond acceptors (Lipinski definition) is 6. The Kier molecular flexibility index (Phi) is 6.68. The first-order valence-corrected chi connectivity index (χ1v) is 12.6. The van der Waals surface area contributed by atoms with Crippen LogP contribution in [0.5, 0.6) is 11.5 Å². The third kappa shape index (κ3) is 4.36. The first-order chi connectivity index (χ1) is 17.7. The van der Waals surface area contributed by atoms with Crippen molar-refractivity contribution in [1.29, 1.82) is 0 Å². The topological polar surface area (TPSA) is 83.7 Å². The van der Waals surface area contributed by atoms with E-state index in [4.69, 9.17) is 21.3 Å². The molecule has 8 nitrogen and oxygen atoms in total. The van der Waals surface area contributed by atoms with Crippen LogP contribution in [0.4, 0.5) is 4.39 Å². The molecule has 0 radical (unpaired) electrons. The second-order valence-electron chi connectivity index (χ2n) is 9.70. The number of hydrogen-bond donors (Lipinski definition) is 1. The average Bonchev–Trinajstić information content (AvgIpc) is 3.15. The van der Waals surface area contributed by atoms with Gasteiger partial charge in [-0.1, -0.05) is 24.2 Å². The average molecular weight is 526 g/mol. The van der Waals surface area contributed by atoms with E-state index in [0.717, 1.165) is 16.8 Å². The SMILES string of the molecule is C=CC(=O)N1CCN2Cc3c(-c4c(C)cnn4C(C)C)nc(-c4c(O)cccc4F)c(Cl)c3OC[C@H]2C1. The molecule has 0 saturated carbocycles. The van der Waals surface area contributed by atoms with Gasteiger partial charge in [0.25, 0.3) is 0 Å². The Labute approximate surface area is 219 Å². The quantitative estimate of drug-likeness (QED) is 0.502. The zero-order chi connectivity index (χ0) is 26.4. The molecule has 2 aliphatic heterocycles. The van der Waals surface area contributed by atoms with E-state index in [1.54, 1.807) is 11.1 Å². The molecule has 10 heteroatoms. The van der Waals surface area contributed by atoms with Crippen LogP contribution in [0.1, 0.15) is 31.0 Å². The Morgan fingerprint density at radius 2 is 2.11 bits per heavy atom. The maximum Gasteiger partial charge on any atom is 0.246 e. The summed E-state index contributed by atoms with van der Waals surface area (Å²) in [6.45, 7) is 12.1. The van der Waals surface area contributed by atoms with Crippen molar-refractivity contribution < 1.29 is 19.0 Å². The minimum Gasteiger partial charge on any atom is -0.507 e. The summed E-state index contributed by atoms with van der Waals surface area (Å²) in [5, 5.41) is 15.3. The number of aromatic hydroxyl groups is 1. The second-order valence-corrected chi connectivity index (χ2v) is 10.1. The van der Waals surface area contributed by atoms with Gasteiger partial charge >= 0.3 is 0 Å². The first kappa shape index (κ1) is 25.2. The number of amides is 1. The van der Waals surface area contributed by atoms with E-state index in [0.29, 0.717) is 37.6 Å². The fraction of sp³-hybridized carbons (Fsp3) is 0.370. The number of carbonyl (C=O) groups is 1. The summed E-state index contributed by atoms with van der Waals surface area (Å²) >= 11 is 6.87. The van der Waals surface area contributed by atoms with Gasteiger partial charge in [0.15, 0.2) is 0 Å². The van der Waals surface area contributed by atoms with Gasteiger partial charge in [0, 0.05) is 37.8 Å². The van der Waals surface area contributed by atoms with E-state index in [2.05, 4.69) is 16.6 Å². The van der Waals surface area contributed by atoms with Crippen molar-refractivity contribution in [2.45, 2.75) is 39.4 Å². The summed E-state index contributed by atoms with van der Waals surface area (Å²) in [5.74, 6) is -0.621. The van der Waals surface area contributed by atoms with E-state index >= 15 is 4.39 Å². The summed E-state index contributed by atoms with van der Waals surface area (Å²) in [7, 11) is 0. The van der Waals surface area contributed by atoms with Crippen molar-refractivity contribution in [3.63, 3.8) is 0 Å². The number of benzene rings is 1. The Balaban J connectivity index is 1.71. The molecule has 3 aromatic rings. The highest BCUT2D eigenvalue weighted by atomic mass is 35.5. The molecule has 194 valence electrons. The van der Waals surface area contributed by atoms with Crippen molar-refractivity contribution in [3.05, 3.63) is 59.0 Å². The van der Waals surface area contributed by atoms with Crippen LogP contribution in [0.15, 0.2) is 37.1 Å². The fourth-order valence-electron chi connectivity index (χ4n) is 5.09. The molecule has 1 N–H and O–H groups in total. The van der Waals surface area contributed by atoms with Crippen molar-refractivity contribution >= 4 is 17.5 Å². The lowest BCUT2D eigenvalue weighted by molar-refractivity contribution is -0.129. The van der Waals surface area contributed by atoms with Crippen LogP contribution in [0.2, 0.25) is 5.02 Å². The summed E-state index contributed by atoms with van der Waals surface area (Å²) in [6, 6.07) is 4.05. The number of phenolic OH excluding ortho intramolecular Hbond substituents is 1. The molecule has 4 heterocycles. The highest BCUT2D eigenvalue weighted by Crippen LogP contribution is 2.46. The lowest BCUT2D eigenvalue weighted by Gasteiger charge is -2.39. The molecule has 1 atom stereocenters. The lowest BCUT2D eigenvalue weighted by atomic mass is 10.0. The maximum atomic E-state index is 15.0. The van der Waals surface area contributed by atoms with Crippen LogP contribution >= 0.6 is 11.6 Å². The number of ether oxygens (including phenoxy) is 1. The van der Waals surface area contributed by atoms with E-state index in [1.807, 2.05) is 25.5 Å². The summed E-state index contributed by atoms with van der Waals surface area (Å²) in [4.78, 5) is 21.2. The molecule has 37 heavy (non-hydrogen) atoms. The second kappa shape index (κ2) is 9.79. The third-order valence-corrected chi connectivity index (χ3v) is 7.33. The Morgan fingerprint density at radius 3 is 2.81 bits per heavy atom. The number of fused-ring (bicyclic) bond motifs is 2. The van der Waals surface area contributed by atoms with Gasteiger partial charge in [-0.2, -0.15) is 5.10 Å². The predicted octanol–water partition coefficient (Wildman–Crippen LogP) is 4.59. The first-order valence-electron chi connectivity index (χ1n) is 12.2. The van der Waals surface area contributed by atoms with Gasteiger partial charge in [-0.15, -0.1) is 0 Å². The summed E-state index contributed by atoms with van der Waals surface area (Å²) in [5.41, 5.74) is 3.04. The van der Waals surface area contributed by atoms with E-state index in [-0.39, 0.29) is 46.6 Å². The van der Waals surface area contributed by atoms with Crippen LogP contribution in [0, 0.1) is 12.7 Å². The highest BCUT2D eigenvalue weighted by molar-refractivity contribution is 6.35. The van der Waals surface area contributed by atoms with Crippen molar-refractivity contribution in [1.82, 2.24) is 24.6 Å². The lowest BCUT2D eigenvalue weighted by Crippen LogP contribution is -2.55. The summed E-state index contributed by atoms with van der Waals surface area (Å²) < 4.78 is 23.2. The molecule has 5 rings (SSSR count). The molecule has 0 aliphatic carbocycles. The number of aromatic nitrogens is 3. The number of pyridine rings is 1. The largest absolute Gasteiger partial charge is 0.507 e. The Hall–Kier alpha value is -3.43. The monoisotopic (exact) mass is 525 g/mol. The number of nitrogens with zero attached hydrogens (tertiary/aromatic N) is 5. The molecule has 2 aliphatic rings. The van der Waals surface area contributed by atoms with Crippen LogP contribution < -0.4 is 4.74 Å². The van der Waals surface area contributed by atoms with Gasteiger partial charge in [0.1, 0.15) is 34.6 Å². The molecule has 1 saturated heterocycles. The minimum absolute atomic E-state index is 0.0371.